The van der Waals surface area contributed by atoms with Crippen LogP contribution in [0.3, 0.4) is 0 Å². The molecule has 1 aliphatic heterocycles. The largest absolute Gasteiger partial charge is 0.353 e. The third kappa shape index (κ3) is 4.00. The van der Waals surface area contributed by atoms with E-state index >= 15 is 0 Å². The monoisotopic (exact) mass is 365 g/mol. The molecule has 1 fully saturated rings. The second-order valence-corrected chi connectivity index (χ2v) is 6.79. The summed E-state index contributed by atoms with van der Waals surface area (Å²) in [5, 5.41) is 0.706. The SMILES string of the molecule is Clc1cccc(-c2cncc(N3CCN(Cc4ccccn4)CC3)n2)c1. The first kappa shape index (κ1) is 16.9. The van der Waals surface area contributed by atoms with Crippen LogP contribution in [0, 0.1) is 0 Å². The van der Waals surface area contributed by atoms with Gasteiger partial charge in [0.25, 0.3) is 0 Å². The molecule has 0 radical (unpaired) electrons. The van der Waals surface area contributed by atoms with E-state index in [4.69, 9.17) is 16.6 Å². The third-order valence-electron chi connectivity index (χ3n) is 4.55. The Morgan fingerprint density at radius 1 is 0.962 bits per heavy atom. The van der Waals surface area contributed by atoms with E-state index in [0.29, 0.717) is 5.02 Å². The fraction of sp³-hybridized carbons (Fsp3) is 0.250. The Hall–Kier alpha value is -2.50. The highest BCUT2D eigenvalue weighted by molar-refractivity contribution is 6.30. The molecule has 3 aromatic rings. The number of halogens is 1. The van der Waals surface area contributed by atoms with Gasteiger partial charge in [0.1, 0.15) is 5.82 Å². The summed E-state index contributed by atoms with van der Waals surface area (Å²) < 4.78 is 0. The molecule has 0 saturated carbocycles. The summed E-state index contributed by atoms with van der Waals surface area (Å²) in [5.41, 5.74) is 2.95. The highest BCUT2D eigenvalue weighted by atomic mass is 35.5. The Balaban J connectivity index is 1.42. The summed E-state index contributed by atoms with van der Waals surface area (Å²) in [6.07, 6.45) is 5.47. The van der Waals surface area contributed by atoms with E-state index in [2.05, 4.69) is 25.8 Å². The van der Waals surface area contributed by atoms with Crippen molar-refractivity contribution in [2.75, 3.05) is 31.1 Å². The van der Waals surface area contributed by atoms with Gasteiger partial charge in [0, 0.05) is 49.5 Å². The Bertz CT molecular complexity index is 863. The minimum Gasteiger partial charge on any atom is -0.353 e. The van der Waals surface area contributed by atoms with Crippen molar-refractivity contribution in [3.63, 3.8) is 0 Å². The van der Waals surface area contributed by atoms with Gasteiger partial charge in [-0.15, -0.1) is 0 Å². The third-order valence-corrected chi connectivity index (χ3v) is 4.79. The lowest BCUT2D eigenvalue weighted by Gasteiger charge is -2.35. The summed E-state index contributed by atoms with van der Waals surface area (Å²) in [6.45, 7) is 4.73. The Morgan fingerprint density at radius 3 is 2.62 bits per heavy atom. The number of piperazine rings is 1. The molecule has 0 amide bonds. The van der Waals surface area contributed by atoms with E-state index in [-0.39, 0.29) is 0 Å². The van der Waals surface area contributed by atoms with Crippen molar-refractivity contribution in [1.29, 1.82) is 0 Å². The van der Waals surface area contributed by atoms with E-state index in [1.165, 1.54) is 0 Å². The lowest BCUT2D eigenvalue weighted by Crippen LogP contribution is -2.46. The Labute approximate surface area is 158 Å². The zero-order chi connectivity index (χ0) is 17.8. The van der Waals surface area contributed by atoms with Gasteiger partial charge < -0.3 is 4.90 Å². The van der Waals surface area contributed by atoms with Crippen LogP contribution >= 0.6 is 11.6 Å². The van der Waals surface area contributed by atoms with Crippen LogP contribution in [-0.4, -0.2) is 46.0 Å². The number of hydrogen-bond donors (Lipinski definition) is 0. The van der Waals surface area contributed by atoms with Crippen LogP contribution in [0.15, 0.2) is 61.1 Å². The summed E-state index contributed by atoms with van der Waals surface area (Å²) in [6, 6.07) is 13.8. The number of benzene rings is 1. The molecule has 0 atom stereocenters. The van der Waals surface area contributed by atoms with Crippen molar-refractivity contribution >= 4 is 17.4 Å². The predicted octanol–water partition coefficient (Wildman–Crippen LogP) is 3.51. The number of nitrogens with zero attached hydrogens (tertiary/aromatic N) is 5. The Kier molecular flexibility index (Phi) is 5.09. The molecule has 26 heavy (non-hydrogen) atoms. The van der Waals surface area contributed by atoms with Crippen molar-refractivity contribution in [1.82, 2.24) is 19.9 Å². The van der Waals surface area contributed by atoms with Crippen LogP contribution in [-0.2, 0) is 6.54 Å². The van der Waals surface area contributed by atoms with Crippen molar-refractivity contribution in [2.45, 2.75) is 6.54 Å². The lowest BCUT2D eigenvalue weighted by molar-refractivity contribution is 0.246. The molecule has 2 aromatic heterocycles. The highest BCUT2D eigenvalue weighted by Gasteiger charge is 2.19. The van der Waals surface area contributed by atoms with Crippen molar-refractivity contribution in [2.24, 2.45) is 0 Å². The van der Waals surface area contributed by atoms with Crippen LogP contribution in [0.2, 0.25) is 5.02 Å². The number of hydrogen-bond acceptors (Lipinski definition) is 5. The second kappa shape index (κ2) is 7.81. The van der Waals surface area contributed by atoms with E-state index in [0.717, 1.165) is 55.5 Å². The minimum atomic E-state index is 0.706. The molecule has 0 spiro atoms. The summed E-state index contributed by atoms with van der Waals surface area (Å²) in [5.74, 6) is 0.917. The average molecular weight is 366 g/mol. The summed E-state index contributed by atoms with van der Waals surface area (Å²) in [7, 11) is 0. The quantitative estimate of drug-likeness (QED) is 0.708. The van der Waals surface area contributed by atoms with E-state index < -0.39 is 0 Å². The molecule has 6 heteroatoms. The van der Waals surface area contributed by atoms with Gasteiger partial charge in [-0.25, -0.2) is 4.98 Å². The van der Waals surface area contributed by atoms with Crippen molar-refractivity contribution in [3.05, 3.63) is 71.8 Å². The molecule has 1 aliphatic rings. The molecule has 0 aliphatic carbocycles. The normalized spacial score (nSPS) is 15.2. The van der Waals surface area contributed by atoms with Crippen LogP contribution in [0.5, 0.6) is 0 Å². The van der Waals surface area contributed by atoms with Gasteiger partial charge in [0.2, 0.25) is 0 Å². The maximum atomic E-state index is 6.10. The smallest absolute Gasteiger partial charge is 0.147 e. The van der Waals surface area contributed by atoms with Gasteiger partial charge >= 0.3 is 0 Å². The zero-order valence-corrected chi connectivity index (χ0v) is 15.2. The van der Waals surface area contributed by atoms with Crippen LogP contribution in [0.25, 0.3) is 11.3 Å². The van der Waals surface area contributed by atoms with E-state index in [9.17, 15) is 0 Å². The number of anilines is 1. The van der Waals surface area contributed by atoms with Gasteiger partial charge in [-0.1, -0.05) is 29.8 Å². The van der Waals surface area contributed by atoms with Gasteiger partial charge in [0.05, 0.1) is 23.8 Å². The van der Waals surface area contributed by atoms with Gasteiger partial charge in [-0.2, -0.15) is 0 Å². The maximum Gasteiger partial charge on any atom is 0.147 e. The zero-order valence-electron chi connectivity index (χ0n) is 14.4. The fourth-order valence-electron chi connectivity index (χ4n) is 3.15. The molecule has 1 aromatic carbocycles. The van der Waals surface area contributed by atoms with Gasteiger partial charge in [0.15, 0.2) is 0 Å². The van der Waals surface area contributed by atoms with Crippen LogP contribution in [0.1, 0.15) is 5.69 Å². The highest BCUT2D eigenvalue weighted by Crippen LogP contribution is 2.23. The summed E-state index contributed by atoms with van der Waals surface area (Å²) >= 11 is 6.10. The van der Waals surface area contributed by atoms with Crippen molar-refractivity contribution in [3.8, 4) is 11.3 Å². The average Bonchev–Trinajstić information content (AvgIpc) is 2.69. The molecule has 0 bridgehead atoms. The first-order valence-corrected chi connectivity index (χ1v) is 9.11. The molecule has 0 unspecified atom stereocenters. The first-order valence-electron chi connectivity index (χ1n) is 8.73. The molecular formula is C20H20ClN5. The molecule has 3 heterocycles. The number of pyridine rings is 1. The second-order valence-electron chi connectivity index (χ2n) is 6.36. The lowest BCUT2D eigenvalue weighted by atomic mass is 10.1. The fourth-order valence-corrected chi connectivity index (χ4v) is 3.34. The van der Waals surface area contributed by atoms with Crippen LogP contribution < -0.4 is 4.90 Å². The molecule has 0 N–H and O–H groups in total. The predicted molar refractivity (Wildman–Crippen MR) is 104 cm³/mol. The van der Waals surface area contributed by atoms with E-state index in [1.54, 1.807) is 6.20 Å². The van der Waals surface area contributed by atoms with E-state index in [1.807, 2.05) is 48.8 Å². The molecular weight excluding hydrogens is 346 g/mol. The maximum absolute atomic E-state index is 6.10. The van der Waals surface area contributed by atoms with Gasteiger partial charge in [-0.05, 0) is 24.3 Å². The topological polar surface area (TPSA) is 45.2 Å². The summed E-state index contributed by atoms with van der Waals surface area (Å²) in [4.78, 5) is 18.3. The molecule has 1 saturated heterocycles. The first-order chi connectivity index (χ1) is 12.8. The number of aromatic nitrogens is 3. The van der Waals surface area contributed by atoms with Crippen LogP contribution in [0.4, 0.5) is 5.82 Å². The Morgan fingerprint density at radius 2 is 1.85 bits per heavy atom. The minimum absolute atomic E-state index is 0.706. The van der Waals surface area contributed by atoms with Gasteiger partial charge in [-0.3, -0.25) is 14.9 Å². The van der Waals surface area contributed by atoms with Crippen molar-refractivity contribution < 1.29 is 0 Å². The molecule has 5 nitrogen and oxygen atoms in total. The molecule has 132 valence electrons. The number of rotatable bonds is 4. The standard InChI is InChI=1S/C20H20ClN5/c21-17-5-3-4-16(12-17)19-13-22-14-20(24-19)26-10-8-25(9-11-26)15-18-6-1-2-7-23-18/h1-7,12-14H,8-11,15H2. The molecule has 4 rings (SSSR count).